The van der Waals surface area contributed by atoms with Crippen LogP contribution >= 0.6 is 0 Å². The molecule has 0 radical (unpaired) electrons. The molecule has 0 saturated carbocycles. The first-order valence-corrected chi connectivity index (χ1v) is 10.0. The number of hydrogen-bond donors (Lipinski definition) is 2. The van der Waals surface area contributed by atoms with Crippen LogP contribution in [0.2, 0.25) is 0 Å². The molecule has 3 aromatic carbocycles. The number of benzene rings is 3. The summed E-state index contributed by atoms with van der Waals surface area (Å²) in [5, 5.41) is 2.76. The zero-order valence-electron chi connectivity index (χ0n) is 15.1. The molecule has 5 nitrogen and oxygen atoms in total. The Morgan fingerprint density at radius 1 is 0.964 bits per heavy atom. The average molecular weight is 398 g/mol. The van der Waals surface area contributed by atoms with Gasteiger partial charge in [-0.25, -0.2) is 12.8 Å². The third-order valence-corrected chi connectivity index (χ3v) is 5.46. The fourth-order valence-corrected chi connectivity index (χ4v) is 3.66. The Balaban J connectivity index is 1.74. The van der Waals surface area contributed by atoms with Crippen LogP contribution in [0.1, 0.15) is 21.5 Å². The van der Waals surface area contributed by atoms with Crippen LogP contribution in [0.25, 0.3) is 0 Å². The van der Waals surface area contributed by atoms with Crippen molar-refractivity contribution in [2.75, 3.05) is 4.72 Å². The average Bonchev–Trinajstić information content (AvgIpc) is 2.69. The highest BCUT2D eigenvalue weighted by Crippen LogP contribution is 2.19. The number of aryl methyl sites for hydroxylation is 1. The Bertz CT molecular complexity index is 1100. The van der Waals surface area contributed by atoms with Gasteiger partial charge >= 0.3 is 0 Å². The van der Waals surface area contributed by atoms with E-state index in [0.29, 0.717) is 6.54 Å². The minimum atomic E-state index is -4.03. The molecule has 3 aromatic rings. The van der Waals surface area contributed by atoms with Gasteiger partial charge in [-0.05, 0) is 42.8 Å². The lowest BCUT2D eigenvalue weighted by atomic mass is 10.1. The zero-order chi connectivity index (χ0) is 20.1. The molecule has 7 heteroatoms. The van der Waals surface area contributed by atoms with Crippen LogP contribution in [0.5, 0.6) is 0 Å². The number of hydrogen-bond acceptors (Lipinski definition) is 3. The third kappa shape index (κ3) is 4.75. The van der Waals surface area contributed by atoms with Crippen LogP contribution in [-0.2, 0) is 16.6 Å². The van der Waals surface area contributed by atoms with Crippen LogP contribution in [0, 0.1) is 12.7 Å². The van der Waals surface area contributed by atoms with E-state index < -0.39 is 21.7 Å². The summed E-state index contributed by atoms with van der Waals surface area (Å²) in [6.45, 7) is 2.30. The van der Waals surface area contributed by atoms with Crippen LogP contribution in [0.3, 0.4) is 0 Å². The number of halogens is 1. The molecule has 3 rings (SSSR count). The molecule has 0 spiro atoms. The molecule has 0 fully saturated rings. The van der Waals surface area contributed by atoms with E-state index >= 15 is 0 Å². The standard InChI is InChI=1S/C21H19FN2O3S/c1-15-9-11-16(12-10-15)14-23-21(25)17-5-4-6-18(13-17)28(26,27)24-20-8-3-2-7-19(20)22/h2-13,24H,14H2,1H3,(H,23,25). The number of carbonyl (C=O) groups is 1. The van der Waals surface area contributed by atoms with Crippen molar-refractivity contribution in [1.29, 1.82) is 0 Å². The Labute approximate surface area is 163 Å². The van der Waals surface area contributed by atoms with E-state index in [1.54, 1.807) is 0 Å². The Hall–Kier alpha value is -3.19. The lowest BCUT2D eigenvalue weighted by Gasteiger charge is -2.10. The quantitative estimate of drug-likeness (QED) is 0.662. The number of sulfonamides is 1. The molecule has 144 valence electrons. The Morgan fingerprint density at radius 3 is 2.39 bits per heavy atom. The lowest BCUT2D eigenvalue weighted by molar-refractivity contribution is 0.0950. The van der Waals surface area contributed by atoms with Gasteiger partial charge in [-0.15, -0.1) is 0 Å². The molecule has 0 aliphatic rings. The molecule has 0 unspecified atom stereocenters. The predicted molar refractivity (Wildman–Crippen MR) is 106 cm³/mol. The van der Waals surface area contributed by atoms with Gasteiger partial charge in [0.05, 0.1) is 10.6 Å². The molecule has 0 heterocycles. The van der Waals surface area contributed by atoms with Crippen molar-refractivity contribution in [3.8, 4) is 0 Å². The van der Waals surface area contributed by atoms with Gasteiger partial charge in [0.25, 0.3) is 15.9 Å². The summed E-state index contributed by atoms with van der Waals surface area (Å²) in [6, 6.07) is 18.8. The summed E-state index contributed by atoms with van der Waals surface area (Å²) >= 11 is 0. The van der Waals surface area contributed by atoms with Gasteiger partial charge < -0.3 is 5.32 Å². The minimum Gasteiger partial charge on any atom is -0.348 e. The maximum Gasteiger partial charge on any atom is 0.262 e. The number of carbonyl (C=O) groups excluding carboxylic acids is 1. The Kier molecular flexibility index (Phi) is 5.75. The number of amides is 1. The summed E-state index contributed by atoms with van der Waals surface area (Å²) in [7, 11) is -4.03. The first-order valence-electron chi connectivity index (χ1n) is 8.56. The van der Waals surface area contributed by atoms with Crippen LogP contribution in [0.4, 0.5) is 10.1 Å². The molecule has 0 saturated heterocycles. The fourth-order valence-electron chi connectivity index (χ4n) is 2.54. The number of nitrogens with one attached hydrogen (secondary N) is 2. The van der Waals surface area contributed by atoms with E-state index in [0.717, 1.165) is 17.2 Å². The molecule has 0 aliphatic heterocycles. The zero-order valence-corrected chi connectivity index (χ0v) is 16.0. The van der Waals surface area contributed by atoms with Crippen molar-refractivity contribution in [2.24, 2.45) is 0 Å². The highest BCUT2D eigenvalue weighted by Gasteiger charge is 2.18. The second-order valence-corrected chi connectivity index (χ2v) is 7.96. The fraction of sp³-hybridized carbons (Fsp3) is 0.0952. The van der Waals surface area contributed by atoms with Gasteiger partial charge in [-0.2, -0.15) is 0 Å². The van der Waals surface area contributed by atoms with Gasteiger partial charge in [0.1, 0.15) is 5.82 Å². The highest BCUT2D eigenvalue weighted by molar-refractivity contribution is 7.92. The van der Waals surface area contributed by atoms with Gasteiger partial charge in [0.15, 0.2) is 0 Å². The molecular formula is C21H19FN2O3S. The van der Waals surface area contributed by atoms with Crippen molar-refractivity contribution < 1.29 is 17.6 Å². The molecule has 0 aliphatic carbocycles. The number of rotatable bonds is 6. The molecular weight excluding hydrogens is 379 g/mol. The van der Waals surface area contributed by atoms with Crippen LogP contribution in [0.15, 0.2) is 77.7 Å². The summed E-state index contributed by atoms with van der Waals surface area (Å²) in [4.78, 5) is 12.3. The van der Waals surface area contributed by atoms with Crippen molar-refractivity contribution in [3.05, 3.63) is 95.3 Å². The van der Waals surface area contributed by atoms with E-state index in [2.05, 4.69) is 10.0 Å². The first kappa shape index (κ1) is 19.6. The van der Waals surface area contributed by atoms with E-state index in [1.165, 1.54) is 42.5 Å². The smallest absolute Gasteiger partial charge is 0.262 e. The minimum absolute atomic E-state index is 0.126. The van der Waals surface area contributed by atoms with Crippen molar-refractivity contribution in [3.63, 3.8) is 0 Å². The van der Waals surface area contributed by atoms with Crippen molar-refractivity contribution in [2.45, 2.75) is 18.4 Å². The number of anilines is 1. The molecule has 2 N–H and O–H groups in total. The summed E-state index contributed by atoms with van der Waals surface area (Å²) in [6.07, 6.45) is 0. The maximum absolute atomic E-state index is 13.7. The van der Waals surface area contributed by atoms with Gasteiger partial charge in [-0.3, -0.25) is 9.52 Å². The first-order chi connectivity index (χ1) is 13.3. The summed E-state index contributed by atoms with van der Waals surface area (Å²) in [5.41, 5.74) is 2.10. The topological polar surface area (TPSA) is 75.3 Å². The second-order valence-electron chi connectivity index (χ2n) is 6.28. The lowest BCUT2D eigenvalue weighted by Crippen LogP contribution is -2.23. The second kappa shape index (κ2) is 8.22. The Morgan fingerprint density at radius 2 is 1.68 bits per heavy atom. The monoisotopic (exact) mass is 398 g/mol. The van der Waals surface area contributed by atoms with E-state index in [9.17, 15) is 17.6 Å². The SMILES string of the molecule is Cc1ccc(CNC(=O)c2cccc(S(=O)(=O)Nc3ccccc3F)c2)cc1. The van der Waals surface area contributed by atoms with E-state index in [-0.39, 0.29) is 16.1 Å². The van der Waals surface area contributed by atoms with E-state index in [4.69, 9.17) is 0 Å². The van der Waals surface area contributed by atoms with Crippen molar-refractivity contribution >= 4 is 21.6 Å². The van der Waals surface area contributed by atoms with E-state index in [1.807, 2.05) is 31.2 Å². The molecule has 28 heavy (non-hydrogen) atoms. The number of para-hydroxylation sites is 1. The van der Waals surface area contributed by atoms with Gasteiger partial charge in [-0.1, -0.05) is 48.0 Å². The highest BCUT2D eigenvalue weighted by atomic mass is 32.2. The predicted octanol–water partition coefficient (Wildman–Crippen LogP) is 3.86. The summed E-state index contributed by atoms with van der Waals surface area (Å²) < 4.78 is 41.0. The van der Waals surface area contributed by atoms with Gasteiger partial charge in [0, 0.05) is 12.1 Å². The third-order valence-electron chi connectivity index (χ3n) is 4.10. The normalized spacial score (nSPS) is 11.1. The largest absolute Gasteiger partial charge is 0.348 e. The van der Waals surface area contributed by atoms with Crippen molar-refractivity contribution in [1.82, 2.24) is 5.32 Å². The van der Waals surface area contributed by atoms with Crippen LogP contribution < -0.4 is 10.0 Å². The summed E-state index contributed by atoms with van der Waals surface area (Å²) in [5.74, 6) is -1.08. The van der Waals surface area contributed by atoms with Crippen LogP contribution in [-0.4, -0.2) is 14.3 Å². The molecule has 0 aromatic heterocycles. The molecule has 1 amide bonds. The van der Waals surface area contributed by atoms with Gasteiger partial charge in [0.2, 0.25) is 0 Å². The maximum atomic E-state index is 13.7. The molecule has 0 atom stereocenters. The molecule has 0 bridgehead atoms.